The van der Waals surface area contributed by atoms with Gasteiger partial charge in [0.25, 0.3) is 0 Å². The Bertz CT molecular complexity index is 668. The highest BCUT2D eigenvalue weighted by atomic mass is 32.1. The van der Waals surface area contributed by atoms with Gasteiger partial charge < -0.3 is 9.47 Å². The van der Waals surface area contributed by atoms with E-state index in [0.717, 1.165) is 35.3 Å². The van der Waals surface area contributed by atoms with Gasteiger partial charge >= 0.3 is 0 Å². The molecular formula is C16H24N5S+. The first-order chi connectivity index (χ1) is 10.7. The van der Waals surface area contributed by atoms with Crippen LogP contribution < -0.4 is 4.90 Å². The van der Waals surface area contributed by atoms with E-state index in [4.69, 9.17) is 17.3 Å². The summed E-state index contributed by atoms with van der Waals surface area (Å²) in [5.74, 6) is 1.80. The molecule has 2 aromatic rings. The van der Waals surface area contributed by atoms with Crippen LogP contribution in [-0.2, 0) is 13.2 Å². The van der Waals surface area contributed by atoms with Crippen LogP contribution in [0.2, 0.25) is 0 Å². The summed E-state index contributed by atoms with van der Waals surface area (Å²) in [5, 5.41) is 4.79. The minimum Gasteiger partial charge on any atom is -0.316 e. The number of nitrogens with zero attached hydrogens (tertiary/aromatic N) is 4. The predicted molar refractivity (Wildman–Crippen MR) is 89.1 cm³/mol. The summed E-state index contributed by atoms with van der Waals surface area (Å²) in [6.45, 7) is 8.59. The molecule has 1 fully saturated rings. The van der Waals surface area contributed by atoms with Gasteiger partial charge in [0.2, 0.25) is 4.77 Å². The summed E-state index contributed by atoms with van der Waals surface area (Å²) in [5.41, 5.74) is 1.07. The number of piperidine rings is 1. The van der Waals surface area contributed by atoms with Crippen molar-refractivity contribution in [3.8, 4) is 11.4 Å². The van der Waals surface area contributed by atoms with E-state index in [2.05, 4.69) is 23.4 Å². The third-order valence-corrected chi connectivity index (χ3v) is 4.96. The van der Waals surface area contributed by atoms with E-state index in [1.807, 2.05) is 16.8 Å². The fourth-order valence-corrected chi connectivity index (χ4v) is 3.40. The maximum absolute atomic E-state index is 5.64. The summed E-state index contributed by atoms with van der Waals surface area (Å²) in [4.78, 5) is 5.66. The zero-order valence-corrected chi connectivity index (χ0v) is 14.1. The minimum atomic E-state index is 0.820. The Balaban J connectivity index is 1.87. The fraction of sp³-hybridized carbons (Fsp3) is 0.562. The lowest BCUT2D eigenvalue weighted by molar-refractivity contribution is -0.929. The molecule has 1 N–H and O–H groups in total. The van der Waals surface area contributed by atoms with Gasteiger partial charge in [-0.15, -0.1) is 5.10 Å². The average Bonchev–Trinajstić information content (AvgIpc) is 2.86. The number of rotatable bonds is 4. The van der Waals surface area contributed by atoms with Crippen molar-refractivity contribution < 1.29 is 4.90 Å². The molecule has 0 unspecified atom stereocenters. The topological polar surface area (TPSA) is 40.1 Å². The number of aromatic nitrogens is 4. The number of hydrogen-bond acceptors (Lipinski definition) is 3. The Labute approximate surface area is 136 Å². The molecule has 3 heterocycles. The van der Waals surface area contributed by atoms with Crippen LogP contribution in [0, 0.1) is 10.7 Å². The molecule has 0 amide bonds. The summed E-state index contributed by atoms with van der Waals surface area (Å²) in [7, 11) is 0. The van der Waals surface area contributed by atoms with Gasteiger partial charge in [-0.1, -0.05) is 6.92 Å². The number of nitrogens with one attached hydrogen (secondary N) is 1. The highest BCUT2D eigenvalue weighted by Crippen LogP contribution is 2.17. The van der Waals surface area contributed by atoms with Gasteiger partial charge in [0, 0.05) is 24.5 Å². The fourth-order valence-electron chi connectivity index (χ4n) is 3.08. The monoisotopic (exact) mass is 318 g/mol. The number of likely N-dealkylation sites (tertiary alicyclic amines) is 1. The highest BCUT2D eigenvalue weighted by molar-refractivity contribution is 7.71. The smallest absolute Gasteiger partial charge is 0.203 e. The summed E-state index contributed by atoms with van der Waals surface area (Å²) < 4.78 is 4.93. The number of pyridine rings is 1. The Morgan fingerprint density at radius 3 is 2.59 bits per heavy atom. The van der Waals surface area contributed by atoms with Crippen molar-refractivity contribution in [2.75, 3.05) is 13.1 Å². The second kappa shape index (κ2) is 6.71. The first kappa shape index (κ1) is 15.4. The van der Waals surface area contributed by atoms with Crippen molar-refractivity contribution >= 4 is 12.2 Å². The summed E-state index contributed by atoms with van der Waals surface area (Å²) in [6, 6.07) is 3.98. The highest BCUT2D eigenvalue weighted by Gasteiger charge is 2.21. The molecule has 118 valence electrons. The van der Waals surface area contributed by atoms with E-state index in [-0.39, 0.29) is 0 Å². The molecular weight excluding hydrogens is 294 g/mol. The second-order valence-corrected chi connectivity index (χ2v) is 6.54. The van der Waals surface area contributed by atoms with Crippen molar-refractivity contribution in [1.29, 1.82) is 0 Å². The van der Waals surface area contributed by atoms with E-state index < -0.39 is 0 Å². The van der Waals surface area contributed by atoms with Gasteiger partial charge in [0.1, 0.15) is 0 Å². The number of hydrogen-bond donors (Lipinski definition) is 1. The minimum absolute atomic E-state index is 0.820. The SMILES string of the molecule is CCn1c(-c2ccncc2)nn(C[NH+]2CCC(C)CC2)c1=S. The second-order valence-electron chi connectivity index (χ2n) is 6.18. The predicted octanol–water partition coefficient (Wildman–Crippen LogP) is 1.77. The Morgan fingerprint density at radius 1 is 1.27 bits per heavy atom. The number of quaternary nitrogens is 1. The maximum Gasteiger partial charge on any atom is 0.203 e. The molecule has 1 aliphatic heterocycles. The Kier molecular flexibility index (Phi) is 4.69. The normalized spacial score (nSPS) is 21.9. The van der Waals surface area contributed by atoms with Crippen molar-refractivity contribution in [1.82, 2.24) is 19.3 Å². The molecule has 0 bridgehead atoms. The van der Waals surface area contributed by atoms with Crippen molar-refractivity contribution in [2.24, 2.45) is 5.92 Å². The van der Waals surface area contributed by atoms with Gasteiger partial charge in [-0.25, -0.2) is 0 Å². The molecule has 0 atom stereocenters. The van der Waals surface area contributed by atoms with E-state index in [9.17, 15) is 0 Å². The zero-order valence-electron chi connectivity index (χ0n) is 13.3. The van der Waals surface area contributed by atoms with Crippen molar-refractivity contribution in [3.05, 3.63) is 29.3 Å². The van der Waals surface area contributed by atoms with Crippen molar-refractivity contribution in [3.63, 3.8) is 0 Å². The van der Waals surface area contributed by atoms with Crippen LogP contribution in [0.3, 0.4) is 0 Å². The molecule has 1 aliphatic rings. The molecule has 2 aromatic heterocycles. The maximum atomic E-state index is 5.64. The van der Waals surface area contributed by atoms with Gasteiger partial charge in [-0.05, 0) is 50.0 Å². The molecule has 5 nitrogen and oxygen atoms in total. The van der Waals surface area contributed by atoms with Crippen LogP contribution in [0.5, 0.6) is 0 Å². The summed E-state index contributed by atoms with van der Waals surface area (Å²) >= 11 is 5.64. The third-order valence-electron chi connectivity index (χ3n) is 4.53. The molecule has 0 spiro atoms. The molecule has 0 aliphatic carbocycles. The van der Waals surface area contributed by atoms with Crippen LogP contribution in [0.15, 0.2) is 24.5 Å². The van der Waals surface area contributed by atoms with Crippen LogP contribution in [0.25, 0.3) is 11.4 Å². The molecule has 0 aromatic carbocycles. The molecule has 0 radical (unpaired) electrons. The lowest BCUT2D eigenvalue weighted by atomic mass is 10.00. The lowest BCUT2D eigenvalue weighted by Crippen LogP contribution is -3.12. The first-order valence-corrected chi connectivity index (χ1v) is 8.51. The lowest BCUT2D eigenvalue weighted by Gasteiger charge is -2.26. The Hall–Kier alpha value is -1.53. The molecule has 0 saturated carbocycles. The standard InChI is InChI=1S/C16H23N5S/c1-3-20-15(14-4-8-17-9-5-14)18-21(16(20)22)12-19-10-6-13(2)7-11-19/h4-5,8-9,13H,3,6-7,10-12H2,1-2H3/p+1. The van der Waals surface area contributed by atoms with Crippen molar-refractivity contribution in [2.45, 2.75) is 39.9 Å². The van der Waals surface area contributed by atoms with Crippen LogP contribution >= 0.6 is 12.2 Å². The van der Waals surface area contributed by atoms with E-state index in [0.29, 0.717) is 0 Å². The Morgan fingerprint density at radius 2 is 1.95 bits per heavy atom. The van der Waals surface area contributed by atoms with E-state index in [1.165, 1.54) is 25.9 Å². The van der Waals surface area contributed by atoms with E-state index in [1.54, 1.807) is 17.3 Å². The van der Waals surface area contributed by atoms with Gasteiger partial charge in [-0.3, -0.25) is 4.98 Å². The molecule has 6 heteroatoms. The largest absolute Gasteiger partial charge is 0.316 e. The average molecular weight is 318 g/mol. The third kappa shape index (κ3) is 3.13. The molecule has 1 saturated heterocycles. The molecule has 3 rings (SSSR count). The van der Waals surface area contributed by atoms with Crippen LogP contribution in [-0.4, -0.2) is 32.4 Å². The van der Waals surface area contributed by atoms with Gasteiger partial charge in [0.05, 0.1) is 13.1 Å². The van der Waals surface area contributed by atoms with Gasteiger partial charge in [0.15, 0.2) is 12.5 Å². The first-order valence-electron chi connectivity index (χ1n) is 8.10. The van der Waals surface area contributed by atoms with Crippen LogP contribution in [0.1, 0.15) is 26.7 Å². The summed E-state index contributed by atoms with van der Waals surface area (Å²) in [6.07, 6.45) is 6.20. The van der Waals surface area contributed by atoms with Crippen LogP contribution in [0.4, 0.5) is 0 Å². The quantitative estimate of drug-likeness (QED) is 0.874. The zero-order chi connectivity index (χ0) is 15.5. The van der Waals surface area contributed by atoms with Gasteiger partial charge in [-0.2, -0.15) is 4.68 Å². The molecule has 22 heavy (non-hydrogen) atoms. The van der Waals surface area contributed by atoms with E-state index >= 15 is 0 Å².